The molecule has 1 saturated heterocycles. The zero-order valence-corrected chi connectivity index (χ0v) is 17.2. The number of anilines is 2. The Balaban J connectivity index is 1.72. The van der Waals surface area contributed by atoms with Crippen LogP contribution < -0.4 is 11.1 Å². The van der Waals surface area contributed by atoms with Gasteiger partial charge >= 0.3 is 0 Å². The van der Waals surface area contributed by atoms with E-state index in [9.17, 15) is 9.59 Å². The number of nitrogens with two attached hydrogens (primary N) is 1. The number of nitrogens with zero attached hydrogens (tertiary/aromatic N) is 4. The molecule has 0 unspecified atom stereocenters. The third kappa shape index (κ3) is 4.44. The summed E-state index contributed by atoms with van der Waals surface area (Å²) in [6.07, 6.45) is 3.36. The maximum Gasteiger partial charge on any atom is 0.230 e. The molecule has 3 N–H and O–H groups in total. The van der Waals surface area contributed by atoms with Gasteiger partial charge in [0.2, 0.25) is 11.8 Å². The Bertz CT molecular complexity index is 952. The molecule has 2 heterocycles. The molecule has 1 fully saturated rings. The third-order valence-corrected chi connectivity index (χ3v) is 5.69. The summed E-state index contributed by atoms with van der Waals surface area (Å²) in [6, 6.07) is 9.15. The van der Waals surface area contributed by atoms with E-state index in [0.717, 1.165) is 5.69 Å². The first-order valence-corrected chi connectivity index (χ1v) is 9.80. The van der Waals surface area contributed by atoms with Gasteiger partial charge in [0, 0.05) is 39.4 Å². The van der Waals surface area contributed by atoms with Crippen molar-refractivity contribution in [2.45, 2.75) is 26.2 Å². The van der Waals surface area contributed by atoms with Crippen molar-refractivity contribution in [3.8, 4) is 11.8 Å². The molecule has 9 nitrogen and oxygen atoms in total. The standard InChI is InChI=1S/C21H26N6O3/c1-15(28)26-10-7-21(8-11-26,9-12-30-2)20(29)24-17-3-5-18(6-4-17)27-14-16(13-22)19(23)25-27/h3-6,14H,7-12H2,1-2H3,(H2,23,25)(H,24,29). The molecule has 0 bridgehead atoms. The molecule has 30 heavy (non-hydrogen) atoms. The largest absolute Gasteiger partial charge is 0.385 e. The highest BCUT2D eigenvalue weighted by Gasteiger charge is 2.41. The summed E-state index contributed by atoms with van der Waals surface area (Å²) >= 11 is 0. The molecule has 3 rings (SSSR count). The number of nitrogens with one attached hydrogen (secondary N) is 1. The third-order valence-electron chi connectivity index (χ3n) is 5.69. The van der Waals surface area contributed by atoms with Crippen LogP contribution in [0.2, 0.25) is 0 Å². The number of amides is 2. The lowest BCUT2D eigenvalue weighted by Crippen LogP contribution is -2.48. The van der Waals surface area contributed by atoms with Crippen LogP contribution in [0.1, 0.15) is 31.7 Å². The summed E-state index contributed by atoms with van der Waals surface area (Å²) in [4.78, 5) is 26.6. The highest BCUT2D eigenvalue weighted by molar-refractivity contribution is 5.95. The van der Waals surface area contributed by atoms with Crippen molar-refractivity contribution in [2.24, 2.45) is 5.41 Å². The molecule has 1 aromatic heterocycles. The molecule has 158 valence electrons. The lowest BCUT2D eigenvalue weighted by atomic mass is 9.75. The zero-order valence-electron chi connectivity index (χ0n) is 17.2. The number of nitrogen functional groups attached to an aromatic ring is 1. The number of aromatic nitrogens is 2. The number of carbonyl (C=O) groups excluding carboxylic acids is 2. The molecule has 0 saturated carbocycles. The maximum atomic E-state index is 13.2. The zero-order chi connectivity index (χ0) is 21.7. The molecule has 1 aromatic carbocycles. The van der Waals surface area contributed by atoms with E-state index in [0.29, 0.717) is 50.2 Å². The minimum atomic E-state index is -0.571. The van der Waals surface area contributed by atoms with Gasteiger partial charge in [0.15, 0.2) is 5.82 Å². The van der Waals surface area contributed by atoms with Gasteiger partial charge in [-0.05, 0) is 43.5 Å². The van der Waals surface area contributed by atoms with Gasteiger partial charge in [0.1, 0.15) is 11.6 Å². The van der Waals surface area contributed by atoms with E-state index in [-0.39, 0.29) is 17.6 Å². The predicted molar refractivity (Wildman–Crippen MR) is 112 cm³/mol. The summed E-state index contributed by atoms with van der Waals surface area (Å²) in [5, 5.41) is 16.1. The van der Waals surface area contributed by atoms with Crippen molar-refractivity contribution < 1.29 is 14.3 Å². The number of hydrogen-bond donors (Lipinski definition) is 2. The molecule has 0 atom stereocenters. The molecular weight excluding hydrogens is 384 g/mol. The van der Waals surface area contributed by atoms with Crippen LogP contribution in [0.3, 0.4) is 0 Å². The Morgan fingerprint density at radius 2 is 1.97 bits per heavy atom. The van der Waals surface area contributed by atoms with Crippen LogP contribution in [0.25, 0.3) is 5.69 Å². The normalized spacial score (nSPS) is 15.4. The second-order valence-corrected chi connectivity index (χ2v) is 7.51. The van der Waals surface area contributed by atoms with Gasteiger partial charge in [0.25, 0.3) is 0 Å². The van der Waals surface area contributed by atoms with E-state index >= 15 is 0 Å². The number of methoxy groups -OCH3 is 1. The van der Waals surface area contributed by atoms with Gasteiger partial charge in [-0.15, -0.1) is 5.10 Å². The summed E-state index contributed by atoms with van der Waals surface area (Å²) < 4.78 is 6.75. The summed E-state index contributed by atoms with van der Waals surface area (Å²) in [5.41, 5.74) is 6.83. The molecule has 0 aliphatic carbocycles. The Hall–Kier alpha value is -3.38. The van der Waals surface area contributed by atoms with E-state index < -0.39 is 5.41 Å². The van der Waals surface area contributed by atoms with Crippen LogP contribution in [0, 0.1) is 16.7 Å². The van der Waals surface area contributed by atoms with Crippen LogP contribution in [0.15, 0.2) is 30.5 Å². The van der Waals surface area contributed by atoms with Crippen LogP contribution in [-0.4, -0.2) is 53.3 Å². The van der Waals surface area contributed by atoms with Crippen molar-refractivity contribution in [3.05, 3.63) is 36.0 Å². The summed E-state index contributed by atoms with van der Waals surface area (Å²) in [6.45, 7) is 3.16. The van der Waals surface area contributed by atoms with Gasteiger partial charge in [0.05, 0.1) is 17.3 Å². The lowest BCUT2D eigenvalue weighted by molar-refractivity contribution is -0.137. The number of carbonyl (C=O) groups is 2. The molecule has 0 spiro atoms. The van der Waals surface area contributed by atoms with Crippen molar-refractivity contribution in [2.75, 3.05) is 37.9 Å². The predicted octanol–water partition coefficient (Wildman–Crippen LogP) is 1.93. The van der Waals surface area contributed by atoms with E-state index in [4.69, 9.17) is 15.7 Å². The first-order valence-electron chi connectivity index (χ1n) is 9.80. The second-order valence-electron chi connectivity index (χ2n) is 7.51. The Kier molecular flexibility index (Phi) is 6.37. The minimum Gasteiger partial charge on any atom is -0.385 e. The fourth-order valence-electron chi connectivity index (χ4n) is 3.70. The average Bonchev–Trinajstić information content (AvgIpc) is 3.13. The number of hydrogen-bond acceptors (Lipinski definition) is 6. The monoisotopic (exact) mass is 410 g/mol. The van der Waals surface area contributed by atoms with Crippen LogP contribution in [-0.2, 0) is 14.3 Å². The van der Waals surface area contributed by atoms with Crippen LogP contribution in [0.4, 0.5) is 11.5 Å². The molecular formula is C21H26N6O3. The number of piperidine rings is 1. The minimum absolute atomic E-state index is 0.0325. The van der Waals surface area contributed by atoms with Crippen molar-refractivity contribution in [1.82, 2.24) is 14.7 Å². The van der Waals surface area contributed by atoms with Gasteiger partial charge in [-0.2, -0.15) is 5.26 Å². The highest BCUT2D eigenvalue weighted by Crippen LogP contribution is 2.36. The highest BCUT2D eigenvalue weighted by atomic mass is 16.5. The van der Waals surface area contributed by atoms with E-state index in [2.05, 4.69) is 10.4 Å². The number of nitriles is 1. The van der Waals surface area contributed by atoms with Gasteiger partial charge in [-0.25, -0.2) is 4.68 Å². The molecule has 2 aromatic rings. The number of likely N-dealkylation sites (tertiary alicyclic amines) is 1. The number of rotatable bonds is 6. The van der Waals surface area contributed by atoms with Gasteiger partial charge < -0.3 is 20.7 Å². The Morgan fingerprint density at radius 1 is 1.30 bits per heavy atom. The fraction of sp³-hybridized carbons (Fsp3) is 0.429. The second kappa shape index (κ2) is 8.97. The number of benzene rings is 1. The smallest absolute Gasteiger partial charge is 0.230 e. The van der Waals surface area contributed by atoms with Gasteiger partial charge in [-0.3, -0.25) is 9.59 Å². The summed E-state index contributed by atoms with van der Waals surface area (Å²) in [5.74, 6) is 0.141. The maximum absolute atomic E-state index is 13.2. The van der Waals surface area contributed by atoms with Crippen molar-refractivity contribution in [3.63, 3.8) is 0 Å². The van der Waals surface area contributed by atoms with Crippen LogP contribution in [0.5, 0.6) is 0 Å². The molecule has 9 heteroatoms. The molecule has 2 amide bonds. The number of ether oxygens (including phenoxy) is 1. The topological polar surface area (TPSA) is 126 Å². The van der Waals surface area contributed by atoms with Crippen molar-refractivity contribution >= 4 is 23.3 Å². The molecule has 1 aliphatic heterocycles. The lowest BCUT2D eigenvalue weighted by Gasteiger charge is -2.40. The van der Waals surface area contributed by atoms with Crippen molar-refractivity contribution in [1.29, 1.82) is 5.26 Å². The molecule has 0 radical (unpaired) electrons. The van der Waals surface area contributed by atoms with E-state index in [1.165, 1.54) is 4.68 Å². The SMILES string of the molecule is COCCC1(C(=O)Nc2ccc(-n3cc(C#N)c(N)n3)cc2)CCN(C(C)=O)CC1. The Labute approximate surface area is 175 Å². The van der Waals surface area contributed by atoms with Crippen LogP contribution >= 0.6 is 0 Å². The Morgan fingerprint density at radius 3 is 2.50 bits per heavy atom. The van der Waals surface area contributed by atoms with E-state index in [1.54, 1.807) is 49.4 Å². The quantitative estimate of drug-likeness (QED) is 0.749. The molecule has 1 aliphatic rings. The fourth-order valence-corrected chi connectivity index (χ4v) is 3.70. The first kappa shape index (κ1) is 21.3. The summed E-state index contributed by atoms with van der Waals surface area (Å²) in [7, 11) is 1.62. The average molecular weight is 410 g/mol. The first-order chi connectivity index (χ1) is 14.4. The van der Waals surface area contributed by atoms with E-state index in [1.807, 2.05) is 6.07 Å². The van der Waals surface area contributed by atoms with Gasteiger partial charge in [-0.1, -0.05) is 0 Å².